The third-order valence-corrected chi connectivity index (χ3v) is 1.91. The molecule has 0 saturated heterocycles. The van der Waals surface area contributed by atoms with Crippen molar-refractivity contribution in [1.29, 1.82) is 0 Å². The van der Waals surface area contributed by atoms with Crippen molar-refractivity contribution in [3.05, 3.63) is 30.1 Å². The molecule has 0 spiro atoms. The average molecular weight is 266 g/mol. The van der Waals surface area contributed by atoms with Gasteiger partial charge in [-0.25, -0.2) is 0 Å². The standard InChI is InChI=1S/C9H11N3O2.2ClH/c1-9(11,8(10)14)7(13)6-3-2-4-12-5-6;;/h2-5H,11H2,1H3,(H2,10,14);2*1H/t9-;;/m0../s1. The number of amides is 1. The minimum Gasteiger partial charge on any atom is -0.368 e. The topological polar surface area (TPSA) is 99.1 Å². The summed E-state index contributed by atoms with van der Waals surface area (Å²) in [4.78, 5) is 26.3. The van der Waals surface area contributed by atoms with Gasteiger partial charge in [-0.05, 0) is 19.1 Å². The lowest BCUT2D eigenvalue weighted by Gasteiger charge is -2.18. The number of ketones is 1. The van der Waals surface area contributed by atoms with E-state index in [-0.39, 0.29) is 30.4 Å². The minimum absolute atomic E-state index is 0. The van der Waals surface area contributed by atoms with Gasteiger partial charge >= 0.3 is 0 Å². The van der Waals surface area contributed by atoms with Crippen LogP contribution in [0.25, 0.3) is 0 Å². The summed E-state index contributed by atoms with van der Waals surface area (Å²) >= 11 is 0. The smallest absolute Gasteiger partial charge is 0.245 e. The lowest BCUT2D eigenvalue weighted by Crippen LogP contribution is -2.55. The highest BCUT2D eigenvalue weighted by Gasteiger charge is 2.35. The van der Waals surface area contributed by atoms with Crippen LogP contribution in [-0.2, 0) is 4.79 Å². The van der Waals surface area contributed by atoms with Crippen molar-refractivity contribution in [2.24, 2.45) is 11.5 Å². The van der Waals surface area contributed by atoms with Crippen molar-refractivity contribution in [2.75, 3.05) is 0 Å². The maximum atomic E-state index is 11.6. The summed E-state index contributed by atoms with van der Waals surface area (Å²) in [5.41, 5.74) is 9.08. The molecule has 0 saturated carbocycles. The molecule has 0 aromatic carbocycles. The van der Waals surface area contributed by atoms with Gasteiger partial charge in [0.2, 0.25) is 5.91 Å². The van der Waals surface area contributed by atoms with Crippen molar-refractivity contribution in [3.8, 4) is 0 Å². The highest BCUT2D eigenvalue weighted by Crippen LogP contribution is 2.08. The SMILES string of the molecule is C[C@@](N)(C(N)=O)C(=O)c1cccnc1.Cl.Cl. The molecule has 0 bridgehead atoms. The molecule has 0 fully saturated rings. The van der Waals surface area contributed by atoms with Gasteiger partial charge in [0.25, 0.3) is 0 Å². The molecule has 7 heteroatoms. The van der Waals surface area contributed by atoms with Gasteiger partial charge in [0.1, 0.15) is 0 Å². The fourth-order valence-corrected chi connectivity index (χ4v) is 0.909. The monoisotopic (exact) mass is 265 g/mol. The van der Waals surface area contributed by atoms with Crippen LogP contribution < -0.4 is 11.5 Å². The van der Waals surface area contributed by atoms with Crippen LogP contribution in [-0.4, -0.2) is 22.2 Å². The number of nitrogens with two attached hydrogens (primary N) is 2. The number of carbonyl (C=O) groups is 2. The Morgan fingerprint density at radius 2 is 1.94 bits per heavy atom. The summed E-state index contributed by atoms with van der Waals surface area (Å²) in [5, 5.41) is 0. The average Bonchev–Trinajstić information content (AvgIpc) is 2.17. The molecule has 90 valence electrons. The second kappa shape index (κ2) is 6.42. The fraction of sp³-hybridized carbons (Fsp3) is 0.222. The third-order valence-electron chi connectivity index (χ3n) is 1.91. The summed E-state index contributed by atoms with van der Waals surface area (Å²) in [6.45, 7) is 1.28. The number of carbonyl (C=O) groups excluding carboxylic acids is 2. The van der Waals surface area contributed by atoms with Gasteiger partial charge in [-0.15, -0.1) is 24.8 Å². The first-order valence-corrected chi connectivity index (χ1v) is 4.00. The number of Topliss-reactive ketones (excluding diaryl/α,β-unsaturated/α-hetero) is 1. The van der Waals surface area contributed by atoms with Crippen LogP contribution in [0.1, 0.15) is 17.3 Å². The van der Waals surface area contributed by atoms with E-state index in [1.807, 2.05) is 0 Å². The third kappa shape index (κ3) is 3.44. The molecule has 1 amide bonds. The second-order valence-corrected chi connectivity index (χ2v) is 3.14. The van der Waals surface area contributed by atoms with Gasteiger partial charge in [0, 0.05) is 18.0 Å². The van der Waals surface area contributed by atoms with Crippen molar-refractivity contribution in [1.82, 2.24) is 4.98 Å². The Morgan fingerprint density at radius 1 is 1.38 bits per heavy atom. The molecule has 0 radical (unpaired) electrons. The summed E-state index contributed by atoms with van der Waals surface area (Å²) in [5.74, 6) is -1.38. The number of nitrogens with zero attached hydrogens (tertiary/aromatic N) is 1. The predicted molar refractivity (Wildman–Crippen MR) is 64.9 cm³/mol. The van der Waals surface area contributed by atoms with Crippen LogP contribution in [0.5, 0.6) is 0 Å². The Labute approximate surface area is 105 Å². The highest BCUT2D eigenvalue weighted by atomic mass is 35.5. The van der Waals surface area contributed by atoms with E-state index in [0.29, 0.717) is 0 Å². The van der Waals surface area contributed by atoms with E-state index in [1.165, 1.54) is 25.4 Å². The molecule has 4 N–H and O–H groups in total. The molecule has 1 heterocycles. The number of aromatic nitrogens is 1. The largest absolute Gasteiger partial charge is 0.368 e. The lowest BCUT2D eigenvalue weighted by molar-refractivity contribution is -0.121. The van der Waals surface area contributed by atoms with Crippen molar-refractivity contribution in [3.63, 3.8) is 0 Å². The molecule has 16 heavy (non-hydrogen) atoms. The molecular weight excluding hydrogens is 253 g/mol. The number of primary amides is 1. The zero-order valence-electron chi connectivity index (χ0n) is 8.54. The van der Waals surface area contributed by atoms with E-state index in [0.717, 1.165) is 0 Å². The number of rotatable bonds is 3. The van der Waals surface area contributed by atoms with Crippen LogP contribution in [0.3, 0.4) is 0 Å². The summed E-state index contributed by atoms with van der Waals surface area (Å²) in [6.07, 6.45) is 2.87. The number of hydrogen-bond donors (Lipinski definition) is 2. The van der Waals surface area contributed by atoms with Crippen molar-refractivity contribution in [2.45, 2.75) is 12.5 Å². The first-order valence-electron chi connectivity index (χ1n) is 4.00. The Hall–Kier alpha value is -1.17. The molecule has 0 aliphatic carbocycles. The molecule has 0 aliphatic heterocycles. The van der Waals surface area contributed by atoms with E-state index >= 15 is 0 Å². The normalized spacial score (nSPS) is 12.6. The van der Waals surface area contributed by atoms with Crippen molar-refractivity contribution >= 4 is 36.5 Å². The van der Waals surface area contributed by atoms with Crippen LogP contribution in [0.2, 0.25) is 0 Å². The lowest BCUT2D eigenvalue weighted by atomic mass is 9.92. The zero-order chi connectivity index (χ0) is 10.8. The summed E-state index contributed by atoms with van der Waals surface area (Å²) in [7, 11) is 0. The van der Waals surface area contributed by atoms with Crippen LogP contribution in [0.4, 0.5) is 0 Å². The molecular formula is C9H13Cl2N3O2. The second-order valence-electron chi connectivity index (χ2n) is 3.14. The minimum atomic E-state index is -1.68. The molecule has 1 aromatic heterocycles. The molecule has 1 atom stereocenters. The predicted octanol–water partition coefficient (Wildman–Crippen LogP) is 0.311. The molecule has 0 unspecified atom stereocenters. The zero-order valence-corrected chi connectivity index (χ0v) is 10.2. The summed E-state index contributed by atoms with van der Waals surface area (Å²) in [6, 6.07) is 3.12. The van der Waals surface area contributed by atoms with E-state index < -0.39 is 17.2 Å². The van der Waals surface area contributed by atoms with Gasteiger partial charge in [-0.3, -0.25) is 14.6 Å². The van der Waals surface area contributed by atoms with E-state index in [2.05, 4.69) is 4.98 Å². The van der Waals surface area contributed by atoms with E-state index in [9.17, 15) is 9.59 Å². The molecule has 1 aromatic rings. The Bertz CT molecular complexity index is 368. The molecule has 5 nitrogen and oxygen atoms in total. The van der Waals surface area contributed by atoms with Crippen molar-refractivity contribution < 1.29 is 9.59 Å². The number of hydrogen-bond acceptors (Lipinski definition) is 4. The maximum Gasteiger partial charge on any atom is 0.245 e. The Balaban J connectivity index is 0. The van der Waals surface area contributed by atoms with Gasteiger partial charge in [-0.2, -0.15) is 0 Å². The van der Waals surface area contributed by atoms with Crippen LogP contribution >= 0.6 is 24.8 Å². The van der Waals surface area contributed by atoms with Gasteiger partial charge in [0.15, 0.2) is 11.3 Å². The van der Waals surface area contributed by atoms with Gasteiger partial charge < -0.3 is 11.5 Å². The molecule has 0 aliphatic rings. The Morgan fingerprint density at radius 3 is 2.31 bits per heavy atom. The first-order chi connectivity index (χ1) is 6.46. The number of halogens is 2. The first kappa shape index (κ1) is 17.2. The quantitative estimate of drug-likeness (QED) is 0.607. The van der Waals surface area contributed by atoms with Gasteiger partial charge in [-0.1, -0.05) is 0 Å². The summed E-state index contributed by atoms with van der Waals surface area (Å²) < 4.78 is 0. The number of pyridine rings is 1. The van der Waals surface area contributed by atoms with Gasteiger partial charge in [0.05, 0.1) is 0 Å². The maximum absolute atomic E-state index is 11.6. The van der Waals surface area contributed by atoms with Crippen LogP contribution in [0, 0.1) is 0 Å². The van der Waals surface area contributed by atoms with E-state index in [4.69, 9.17) is 11.5 Å². The fourth-order valence-electron chi connectivity index (χ4n) is 0.909. The highest BCUT2D eigenvalue weighted by molar-refractivity contribution is 6.16. The Kier molecular flexibility index (Phi) is 6.91. The van der Waals surface area contributed by atoms with Crippen LogP contribution in [0.15, 0.2) is 24.5 Å². The molecule has 1 rings (SSSR count). The van der Waals surface area contributed by atoms with E-state index in [1.54, 1.807) is 6.07 Å².